The van der Waals surface area contributed by atoms with E-state index in [1.54, 1.807) is 44.7 Å². The fourth-order valence-electron chi connectivity index (χ4n) is 3.71. The van der Waals surface area contributed by atoms with E-state index >= 15 is 0 Å². The molecule has 148 valence electrons. The maximum Gasteiger partial charge on any atom is 0.255 e. The van der Waals surface area contributed by atoms with Crippen LogP contribution in [0.2, 0.25) is 0 Å². The average molecular weight is 389 g/mol. The number of pyridine rings is 1. The molecule has 1 aromatic heterocycles. The second-order valence-electron chi connectivity index (χ2n) is 6.97. The van der Waals surface area contributed by atoms with E-state index in [0.717, 1.165) is 17.9 Å². The second kappa shape index (κ2) is 7.83. The summed E-state index contributed by atoms with van der Waals surface area (Å²) in [5.74, 6) is 1.72. The van der Waals surface area contributed by atoms with Crippen molar-refractivity contribution in [3.8, 4) is 11.5 Å². The molecule has 0 saturated heterocycles. The highest BCUT2D eigenvalue weighted by atomic mass is 16.5. The van der Waals surface area contributed by atoms with Gasteiger partial charge in [0.15, 0.2) is 0 Å². The van der Waals surface area contributed by atoms with E-state index in [2.05, 4.69) is 34.3 Å². The Morgan fingerprint density at radius 2 is 1.93 bits per heavy atom. The summed E-state index contributed by atoms with van der Waals surface area (Å²) < 4.78 is 10.6. The fraction of sp³-hybridized carbons (Fsp3) is 0.217. The first-order valence-corrected chi connectivity index (χ1v) is 9.47. The monoisotopic (exact) mass is 389 g/mol. The normalized spacial score (nSPS) is 15.0. The van der Waals surface area contributed by atoms with E-state index in [4.69, 9.17) is 9.47 Å². The molecule has 1 aliphatic heterocycles. The number of methoxy groups -OCH3 is 2. The van der Waals surface area contributed by atoms with Crippen LogP contribution in [0.4, 0.5) is 17.2 Å². The highest BCUT2D eigenvalue weighted by Gasteiger charge is 2.28. The number of rotatable bonds is 5. The van der Waals surface area contributed by atoms with Gasteiger partial charge in [-0.15, -0.1) is 0 Å². The van der Waals surface area contributed by atoms with Gasteiger partial charge in [0.05, 0.1) is 19.9 Å². The molecule has 1 atom stereocenters. The Hall–Kier alpha value is -3.54. The molecule has 1 amide bonds. The number of anilines is 3. The summed E-state index contributed by atoms with van der Waals surface area (Å²) in [6, 6.07) is 17.4. The van der Waals surface area contributed by atoms with Gasteiger partial charge < -0.3 is 19.7 Å². The van der Waals surface area contributed by atoms with Gasteiger partial charge >= 0.3 is 0 Å². The number of ether oxygens (including phenoxy) is 2. The first-order chi connectivity index (χ1) is 14.1. The fourth-order valence-corrected chi connectivity index (χ4v) is 3.71. The Morgan fingerprint density at radius 3 is 2.72 bits per heavy atom. The number of aromatic nitrogens is 1. The Kier molecular flexibility index (Phi) is 5.08. The number of carbonyl (C=O) groups excluding carboxylic acids is 1. The van der Waals surface area contributed by atoms with Crippen LogP contribution in [0.5, 0.6) is 11.5 Å². The molecule has 0 bridgehead atoms. The summed E-state index contributed by atoms with van der Waals surface area (Å²) in [5, 5.41) is 2.91. The third-order valence-corrected chi connectivity index (χ3v) is 5.12. The Bertz CT molecular complexity index is 1050. The van der Waals surface area contributed by atoms with Crippen LogP contribution in [0.1, 0.15) is 22.8 Å². The number of nitrogens with zero attached hydrogens (tertiary/aromatic N) is 2. The summed E-state index contributed by atoms with van der Waals surface area (Å²) in [4.78, 5) is 19.6. The second-order valence-corrected chi connectivity index (χ2v) is 6.97. The van der Waals surface area contributed by atoms with Crippen LogP contribution in [-0.4, -0.2) is 31.2 Å². The molecule has 0 aliphatic carbocycles. The summed E-state index contributed by atoms with van der Waals surface area (Å²) in [7, 11) is 3.14. The minimum Gasteiger partial charge on any atom is -0.497 e. The van der Waals surface area contributed by atoms with Crippen LogP contribution in [0.3, 0.4) is 0 Å². The van der Waals surface area contributed by atoms with Crippen molar-refractivity contribution in [2.75, 3.05) is 24.4 Å². The lowest BCUT2D eigenvalue weighted by molar-refractivity contribution is 0.102. The lowest BCUT2D eigenvalue weighted by Crippen LogP contribution is -2.25. The van der Waals surface area contributed by atoms with Crippen molar-refractivity contribution < 1.29 is 14.3 Å². The van der Waals surface area contributed by atoms with E-state index < -0.39 is 0 Å². The van der Waals surface area contributed by atoms with Crippen molar-refractivity contribution >= 4 is 23.1 Å². The third-order valence-electron chi connectivity index (χ3n) is 5.12. The Balaban J connectivity index is 1.62. The van der Waals surface area contributed by atoms with Crippen LogP contribution in [-0.2, 0) is 6.42 Å². The summed E-state index contributed by atoms with van der Waals surface area (Å²) >= 11 is 0. The quantitative estimate of drug-likeness (QED) is 0.699. The first-order valence-electron chi connectivity index (χ1n) is 9.47. The molecular formula is C23H23N3O3. The Labute approximate surface area is 170 Å². The number of benzene rings is 2. The minimum absolute atomic E-state index is 0.236. The van der Waals surface area contributed by atoms with Crippen molar-refractivity contribution in [2.45, 2.75) is 19.4 Å². The average Bonchev–Trinajstić information content (AvgIpc) is 3.09. The van der Waals surface area contributed by atoms with Crippen LogP contribution >= 0.6 is 0 Å². The lowest BCUT2D eigenvalue weighted by atomic mass is 10.1. The smallest absolute Gasteiger partial charge is 0.255 e. The van der Waals surface area contributed by atoms with Gasteiger partial charge in [0.2, 0.25) is 0 Å². The molecule has 0 saturated carbocycles. The molecule has 6 nitrogen and oxygen atoms in total. The maximum atomic E-state index is 12.9. The molecule has 29 heavy (non-hydrogen) atoms. The summed E-state index contributed by atoms with van der Waals surface area (Å²) in [6.07, 6.45) is 2.62. The van der Waals surface area contributed by atoms with Crippen LogP contribution in [0.25, 0.3) is 0 Å². The van der Waals surface area contributed by atoms with Gasteiger partial charge in [0.1, 0.15) is 17.3 Å². The van der Waals surface area contributed by atoms with Crippen molar-refractivity contribution in [1.82, 2.24) is 4.98 Å². The zero-order valence-electron chi connectivity index (χ0n) is 16.7. The largest absolute Gasteiger partial charge is 0.497 e. The summed E-state index contributed by atoms with van der Waals surface area (Å²) in [5.41, 5.74) is 3.50. The summed E-state index contributed by atoms with van der Waals surface area (Å²) in [6.45, 7) is 2.16. The van der Waals surface area contributed by atoms with Crippen molar-refractivity contribution in [3.63, 3.8) is 0 Å². The maximum absolute atomic E-state index is 12.9. The highest BCUT2D eigenvalue weighted by Crippen LogP contribution is 2.37. The molecule has 3 aromatic rings. The Morgan fingerprint density at radius 1 is 1.10 bits per heavy atom. The molecule has 1 unspecified atom stereocenters. The topological polar surface area (TPSA) is 63.7 Å². The van der Waals surface area contributed by atoms with E-state index in [1.165, 1.54) is 5.56 Å². The van der Waals surface area contributed by atoms with Gasteiger partial charge in [-0.2, -0.15) is 0 Å². The minimum atomic E-state index is -0.236. The number of carbonyl (C=O) groups is 1. The number of hydrogen-bond donors (Lipinski definition) is 1. The van der Waals surface area contributed by atoms with E-state index in [1.807, 2.05) is 18.2 Å². The molecule has 0 fully saturated rings. The van der Waals surface area contributed by atoms with Crippen molar-refractivity contribution in [2.24, 2.45) is 0 Å². The van der Waals surface area contributed by atoms with Crippen LogP contribution in [0, 0.1) is 0 Å². The number of hydrogen-bond acceptors (Lipinski definition) is 5. The zero-order chi connectivity index (χ0) is 20.4. The van der Waals surface area contributed by atoms with Gasteiger partial charge in [0.25, 0.3) is 5.91 Å². The molecule has 1 N–H and O–H groups in total. The molecule has 2 heterocycles. The first kappa shape index (κ1) is 18.8. The number of fused-ring (bicyclic) bond motifs is 1. The third kappa shape index (κ3) is 3.61. The predicted octanol–water partition coefficient (Wildman–Crippen LogP) is 4.43. The van der Waals surface area contributed by atoms with E-state index in [-0.39, 0.29) is 11.9 Å². The van der Waals surface area contributed by atoms with Crippen molar-refractivity contribution in [3.05, 3.63) is 71.9 Å². The van der Waals surface area contributed by atoms with E-state index in [9.17, 15) is 4.79 Å². The van der Waals surface area contributed by atoms with Gasteiger partial charge in [0, 0.05) is 29.6 Å². The molecule has 2 aromatic carbocycles. The van der Waals surface area contributed by atoms with Crippen LogP contribution in [0.15, 0.2) is 60.8 Å². The SMILES string of the molecule is COc1ccc(OC)c(NC(=O)c2ccnc(N3c4ccccc4CC3C)c2)c1. The molecule has 0 spiro atoms. The number of amides is 1. The molecular weight excluding hydrogens is 366 g/mol. The van der Waals surface area contributed by atoms with Crippen molar-refractivity contribution in [1.29, 1.82) is 0 Å². The van der Waals surface area contributed by atoms with Crippen LogP contribution < -0.4 is 19.7 Å². The highest BCUT2D eigenvalue weighted by molar-refractivity contribution is 6.05. The van der Waals surface area contributed by atoms with E-state index in [0.29, 0.717) is 22.7 Å². The zero-order valence-corrected chi connectivity index (χ0v) is 16.7. The predicted molar refractivity (Wildman–Crippen MR) is 113 cm³/mol. The van der Waals surface area contributed by atoms with Gasteiger partial charge in [-0.1, -0.05) is 18.2 Å². The van der Waals surface area contributed by atoms with Gasteiger partial charge in [-0.3, -0.25) is 4.79 Å². The molecule has 1 aliphatic rings. The van der Waals surface area contributed by atoms with Gasteiger partial charge in [-0.25, -0.2) is 4.98 Å². The van der Waals surface area contributed by atoms with Gasteiger partial charge in [-0.05, 0) is 49.2 Å². The number of nitrogens with one attached hydrogen (secondary N) is 1. The standard InChI is InChI=1S/C23H23N3O3/c1-15-12-16-6-4-5-7-20(16)26(15)22-13-17(10-11-24-22)23(27)25-19-14-18(28-2)8-9-21(19)29-3/h4-11,13-15H,12H2,1-3H3,(H,25,27). The molecule has 6 heteroatoms. The lowest BCUT2D eigenvalue weighted by Gasteiger charge is -2.24. The molecule has 0 radical (unpaired) electrons. The molecule has 4 rings (SSSR count). The number of para-hydroxylation sites is 1.